The number of hydrogen-bond acceptors (Lipinski definition) is 3. The molecule has 0 unspecified atom stereocenters. The van der Waals surface area contributed by atoms with Gasteiger partial charge in [0, 0.05) is 17.3 Å². The summed E-state index contributed by atoms with van der Waals surface area (Å²) in [5, 5.41) is 3.51. The lowest BCUT2D eigenvalue weighted by Gasteiger charge is -2.30. The minimum Gasteiger partial charge on any atom is -0.328 e. The van der Waals surface area contributed by atoms with Gasteiger partial charge >= 0.3 is 0 Å². The Kier molecular flexibility index (Phi) is 2.65. The van der Waals surface area contributed by atoms with Gasteiger partial charge in [-0.25, -0.2) is 4.98 Å². The molecule has 0 amide bonds. The Labute approximate surface area is 83.2 Å². The number of nitrogens with zero attached hydrogens (tertiary/aromatic N) is 1. The van der Waals surface area contributed by atoms with Gasteiger partial charge in [0.1, 0.15) is 0 Å². The summed E-state index contributed by atoms with van der Waals surface area (Å²) in [6, 6.07) is 0.434. The summed E-state index contributed by atoms with van der Waals surface area (Å²) < 4.78 is 0. The van der Waals surface area contributed by atoms with Crippen LogP contribution >= 0.6 is 11.3 Å². The van der Waals surface area contributed by atoms with Gasteiger partial charge in [-0.15, -0.1) is 11.3 Å². The van der Waals surface area contributed by atoms with Crippen LogP contribution in [-0.2, 0) is 6.42 Å². The lowest BCUT2D eigenvalue weighted by atomic mass is 9.81. The van der Waals surface area contributed by atoms with Gasteiger partial charge in [-0.3, -0.25) is 0 Å². The smallest absolute Gasteiger partial charge is 0.0960 e. The molecule has 0 spiro atoms. The zero-order valence-corrected chi connectivity index (χ0v) is 8.81. The third-order valence-electron chi connectivity index (χ3n) is 2.60. The third-order valence-corrected chi connectivity index (χ3v) is 3.66. The quantitative estimate of drug-likeness (QED) is 0.805. The van der Waals surface area contributed by atoms with Gasteiger partial charge in [-0.05, 0) is 19.3 Å². The molecule has 3 heteroatoms. The van der Waals surface area contributed by atoms with Crippen LogP contribution < -0.4 is 5.73 Å². The van der Waals surface area contributed by atoms with E-state index in [2.05, 4.69) is 17.3 Å². The van der Waals surface area contributed by atoms with Crippen molar-refractivity contribution in [1.82, 2.24) is 4.98 Å². The molecule has 1 aliphatic carbocycles. The van der Waals surface area contributed by atoms with Crippen molar-refractivity contribution in [2.45, 2.75) is 44.6 Å². The Balaban J connectivity index is 1.97. The van der Waals surface area contributed by atoms with Gasteiger partial charge in [0.25, 0.3) is 0 Å². The van der Waals surface area contributed by atoms with Gasteiger partial charge in [-0.1, -0.05) is 13.3 Å². The van der Waals surface area contributed by atoms with Crippen LogP contribution in [0.2, 0.25) is 0 Å². The van der Waals surface area contributed by atoms with Crippen molar-refractivity contribution >= 4 is 11.3 Å². The Morgan fingerprint density at radius 2 is 2.38 bits per heavy atom. The van der Waals surface area contributed by atoms with Crippen molar-refractivity contribution in [3.05, 3.63) is 16.1 Å². The first-order valence-electron chi connectivity index (χ1n) is 4.99. The van der Waals surface area contributed by atoms with Crippen molar-refractivity contribution in [1.29, 1.82) is 0 Å². The van der Waals surface area contributed by atoms with Gasteiger partial charge in [0.15, 0.2) is 0 Å². The monoisotopic (exact) mass is 196 g/mol. The van der Waals surface area contributed by atoms with E-state index in [1.165, 1.54) is 17.1 Å². The molecule has 2 rings (SSSR count). The second kappa shape index (κ2) is 3.76. The number of rotatable bonds is 3. The van der Waals surface area contributed by atoms with Crippen molar-refractivity contribution in [3.8, 4) is 0 Å². The maximum Gasteiger partial charge on any atom is 0.0960 e. The van der Waals surface area contributed by atoms with E-state index in [0.29, 0.717) is 12.0 Å². The normalized spacial score (nSPS) is 27.2. The van der Waals surface area contributed by atoms with E-state index in [-0.39, 0.29) is 0 Å². The molecule has 0 aromatic carbocycles. The average molecular weight is 196 g/mol. The highest BCUT2D eigenvalue weighted by Crippen LogP contribution is 2.37. The van der Waals surface area contributed by atoms with Gasteiger partial charge < -0.3 is 5.73 Å². The fourth-order valence-corrected chi connectivity index (χ4v) is 2.73. The highest BCUT2D eigenvalue weighted by molar-refractivity contribution is 7.09. The summed E-state index contributed by atoms with van der Waals surface area (Å²) in [7, 11) is 0. The largest absolute Gasteiger partial charge is 0.328 e. The minimum atomic E-state index is 0.434. The fraction of sp³-hybridized carbons (Fsp3) is 0.700. The van der Waals surface area contributed by atoms with E-state index in [0.717, 1.165) is 19.3 Å². The Morgan fingerprint density at radius 3 is 3.00 bits per heavy atom. The second-order valence-corrected chi connectivity index (χ2v) is 4.75. The van der Waals surface area contributed by atoms with Gasteiger partial charge in [-0.2, -0.15) is 0 Å². The SMILES string of the molecule is CCCc1csc(C2CC(N)C2)n1. The van der Waals surface area contributed by atoms with Crippen molar-refractivity contribution < 1.29 is 0 Å². The topological polar surface area (TPSA) is 38.9 Å². The van der Waals surface area contributed by atoms with Gasteiger partial charge in [0.05, 0.1) is 10.7 Å². The number of aryl methyl sites for hydroxylation is 1. The first-order chi connectivity index (χ1) is 6.29. The van der Waals surface area contributed by atoms with Crippen molar-refractivity contribution in [3.63, 3.8) is 0 Å². The molecule has 72 valence electrons. The zero-order chi connectivity index (χ0) is 9.26. The molecule has 1 fully saturated rings. The first kappa shape index (κ1) is 9.16. The van der Waals surface area contributed by atoms with E-state index in [1.54, 1.807) is 0 Å². The van der Waals surface area contributed by atoms with E-state index < -0.39 is 0 Å². The highest BCUT2D eigenvalue weighted by atomic mass is 32.1. The third kappa shape index (κ3) is 1.92. The average Bonchev–Trinajstić information content (AvgIpc) is 2.48. The molecular formula is C10H16N2S. The van der Waals surface area contributed by atoms with E-state index in [4.69, 9.17) is 5.73 Å². The summed E-state index contributed by atoms with van der Waals surface area (Å²) in [6.07, 6.45) is 4.58. The van der Waals surface area contributed by atoms with E-state index in [1.807, 2.05) is 11.3 Å². The Morgan fingerprint density at radius 1 is 1.62 bits per heavy atom. The van der Waals surface area contributed by atoms with Crippen molar-refractivity contribution in [2.24, 2.45) is 5.73 Å². The van der Waals surface area contributed by atoms with Crippen molar-refractivity contribution in [2.75, 3.05) is 0 Å². The molecule has 0 atom stereocenters. The number of thiazole rings is 1. The van der Waals surface area contributed by atoms with Crippen LogP contribution in [0.5, 0.6) is 0 Å². The van der Waals surface area contributed by atoms with Crippen LogP contribution in [0.25, 0.3) is 0 Å². The molecule has 1 heterocycles. The molecular weight excluding hydrogens is 180 g/mol. The Hall–Kier alpha value is -0.410. The summed E-state index contributed by atoms with van der Waals surface area (Å²) in [5.41, 5.74) is 7.02. The second-order valence-electron chi connectivity index (χ2n) is 3.86. The van der Waals surface area contributed by atoms with E-state index in [9.17, 15) is 0 Å². The van der Waals surface area contributed by atoms with Gasteiger partial charge in [0.2, 0.25) is 0 Å². The number of hydrogen-bond donors (Lipinski definition) is 1. The molecule has 2 nitrogen and oxygen atoms in total. The maximum atomic E-state index is 5.75. The zero-order valence-electron chi connectivity index (χ0n) is 7.99. The van der Waals surface area contributed by atoms with Crippen LogP contribution in [0.4, 0.5) is 0 Å². The standard InChI is InChI=1S/C10H16N2S/c1-2-3-9-6-13-10(12-9)7-4-8(11)5-7/h6-8H,2-5,11H2,1H3. The van der Waals surface area contributed by atoms with Crippen LogP contribution in [0.3, 0.4) is 0 Å². The number of nitrogens with two attached hydrogens (primary N) is 1. The molecule has 0 saturated heterocycles. The summed E-state index contributed by atoms with van der Waals surface area (Å²) in [4.78, 5) is 4.62. The molecule has 1 saturated carbocycles. The fourth-order valence-electron chi connectivity index (χ4n) is 1.74. The molecule has 1 aromatic rings. The van der Waals surface area contributed by atoms with Crippen LogP contribution in [0, 0.1) is 0 Å². The molecule has 2 N–H and O–H groups in total. The lowest BCUT2D eigenvalue weighted by molar-refractivity contribution is 0.350. The van der Waals surface area contributed by atoms with Crippen LogP contribution in [-0.4, -0.2) is 11.0 Å². The summed E-state index contributed by atoms with van der Waals surface area (Å²) in [5.74, 6) is 0.672. The first-order valence-corrected chi connectivity index (χ1v) is 5.87. The molecule has 1 aliphatic rings. The predicted molar refractivity (Wildman–Crippen MR) is 56.1 cm³/mol. The molecule has 0 radical (unpaired) electrons. The summed E-state index contributed by atoms with van der Waals surface area (Å²) >= 11 is 1.81. The minimum absolute atomic E-state index is 0.434. The molecule has 0 aliphatic heterocycles. The molecule has 1 aromatic heterocycles. The van der Waals surface area contributed by atoms with Crippen LogP contribution in [0.15, 0.2) is 5.38 Å². The van der Waals surface area contributed by atoms with Crippen LogP contribution in [0.1, 0.15) is 42.8 Å². The Bertz CT molecular complexity index is 276. The molecule has 0 bridgehead atoms. The lowest BCUT2D eigenvalue weighted by Crippen LogP contribution is -2.34. The predicted octanol–water partition coefficient (Wildman–Crippen LogP) is 2.30. The highest BCUT2D eigenvalue weighted by Gasteiger charge is 2.29. The number of aromatic nitrogens is 1. The molecule has 13 heavy (non-hydrogen) atoms. The maximum absolute atomic E-state index is 5.75. The summed E-state index contributed by atoms with van der Waals surface area (Å²) in [6.45, 7) is 2.19. The van der Waals surface area contributed by atoms with E-state index >= 15 is 0 Å².